The molecule has 0 N–H and O–H groups in total. The number of carbonyl (C=O) groups excluding carboxylic acids is 2. The minimum absolute atomic E-state index is 0.135. The van der Waals surface area contributed by atoms with Gasteiger partial charge in [-0.15, -0.1) is 0 Å². The summed E-state index contributed by atoms with van der Waals surface area (Å²) in [6, 6.07) is 12.1. The highest BCUT2D eigenvalue weighted by molar-refractivity contribution is 6.12. The molecule has 1 heterocycles. The number of hydrogen-bond acceptors (Lipinski definition) is 4. The number of hydrogen-bond donors (Lipinski definition) is 0. The van der Waals surface area contributed by atoms with Gasteiger partial charge < -0.3 is 9.47 Å². The van der Waals surface area contributed by atoms with Crippen molar-refractivity contribution in [1.29, 1.82) is 0 Å². The van der Waals surface area contributed by atoms with Crippen molar-refractivity contribution in [3.8, 4) is 5.75 Å². The van der Waals surface area contributed by atoms with E-state index in [0.29, 0.717) is 35.7 Å². The summed E-state index contributed by atoms with van der Waals surface area (Å²) in [6.07, 6.45) is 0. The molecule has 4 nitrogen and oxygen atoms in total. The molecule has 0 saturated carbocycles. The summed E-state index contributed by atoms with van der Waals surface area (Å²) < 4.78 is 10.6. The normalized spacial score (nSPS) is 12.7. The highest BCUT2D eigenvalue weighted by Gasteiger charge is 2.23. The highest BCUT2D eigenvalue weighted by atomic mass is 16.5. The Labute approximate surface area is 122 Å². The van der Waals surface area contributed by atoms with Crippen LogP contribution in [-0.2, 0) is 11.3 Å². The van der Waals surface area contributed by atoms with Gasteiger partial charge >= 0.3 is 5.97 Å². The van der Waals surface area contributed by atoms with Gasteiger partial charge in [0.2, 0.25) is 0 Å². The van der Waals surface area contributed by atoms with E-state index in [4.69, 9.17) is 9.47 Å². The van der Waals surface area contributed by atoms with Crippen molar-refractivity contribution in [2.24, 2.45) is 0 Å². The second kappa shape index (κ2) is 5.40. The van der Waals surface area contributed by atoms with Crippen LogP contribution in [0.5, 0.6) is 5.75 Å². The molecule has 0 aliphatic carbocycles. The van der Waals surface area contributed by atoms with Gasteiger partial charge in [-0.05, 0) is 25.1 Å². The predicted molar refractivity (Wildman–Crippen MR) is 76.6 cm³/mol. The first-order valence-electron chi connectivity index (χ1n) is 6.77. The zero-order valence-corrected chi connectivity index (χ0v) is 11.6. The first kappa shape index (κ1) is 13.4. The number of ether oxygens (including phenoxy) is 2. The Morgan fingerprint density at radius 1 is 1.19 bits per heavy atom. The Balaban J connectivity index is 2.07. The summed E-state index contributed by atoms with van der Waals surface area (Å²) in [5.41, 5.74) is 2.20. The smallest absolute Gasteiger partial charge is 0.338 e. The van der Waals surface area contributed by atoms with Crippen molar-refractivity contribution < 1.29 is 19.1 Å². The van der Waals surface area contributed by atoms with E-state index in [1.54, 1.807) is 25.1 Å². The van der Waals surface area contributed by atoms with Crippen LogP contribution in [0, 0.1) is 0 Å². The second-order valence-corrected chi connectivity index (χ2v) is 4.71. The van der Waals surface area contributed by atoms with E-state index in [-0.39, 0.29) is 5.78 Å². The minimum Gasteiger partial charge on any atom is -0.488 e. The summed E-state index contributed by atoms with van der Waals surface area (Å²) in [5.74, 6) is -0.0841. The SMILES string of the molecule is CCOC(=O)c1ccc2c(c1)C(=O)c1ccccc1CO2. The lowest BCUT2D eigenvalue weighted by atomic mass is 9.98. The maximum Gasteiger partial charge on any atom is 0.338 e. The van der Waals surface area contributed by atoms with E-state index in [9.17, 15) is 9.59 Å². The molecule has 21 heavy (non-hydrogen) atoms. The summed E-state index contributed by atoms with van der Waals surface area (Å²) in [5, 5.41) is 0. The van der Waals surface area contributed by atoms with E-state index in [1.807, 2.05) is 18.2 Å². The van der Waals surface area contributed by atoms with Crippen LogP contribution in [-0.4, -0.2) is 18.4 Å². The van der Waals surface area contributed by atoms with E-state index in [2.05, 4.69) is 0 Å². The van der Waals surface area contributed by atoms with Crippen LogP contribution in [0.1, 0.15) is 38.8 Å². The van der Waals surface area contributed by atoms with Crippen LogP contribution in [0.4, 0.5) is 0 Å². The molecule has 0 atom stereocenters. The Bertz CT molecular complexity index is 718. The number of esters is 1. The molecule has 0 aromatic heterocycles. The van der Waals surface area contributed by atoms with Gasteiger partial charge in [0.1, 0.15) is 12.4 Å². The molecule has 0 saturated heterocycles. The van der Waals surface area contributed by atoms with Gasteiger partial charge in [0.25, 0.3) is 0 Å². The van der Waals surface area contributed by atoms with Gasteiger partial charge in [0.05, 0.1) is 17.7 Å². The molecule has 1 aliphatic heterocycles. The molecule has 3 rings (SSSR count). The Hall–Kier alpha value is -2.62. The van der Waals surface area contributed by atoms with Crippen molar-refractivity contribution in [2.75, 3.05) is 6.61 Å². The zero-order valence-electron chi connectivity index (χ0n) is 11.6. The molecule has 0 unspecified atom stereocenters. The van der Waals surface area contributed by atoms with Crippen molar-refractivity contribution in [1.82, 2.24) is 0 Å². The van der Waals surface area contributed by atoms with Crippen molar-refractivity contribution in [3.63, 3.8) is 0 Å². The van der Waals surface area contributed by atoms with Crippen LogP contribution >= 0.6 is 0 Å². The number of rotatable bonds is 2. The van der Waals surface area contributed by atoms with Crippen LogP contribution in [0.25, 0.3) is 0 Å². The summed E-state index contributed by atoms with van der Waals surface area (Å²) in [4.78, 5) is 24.4. The third-order valence-corrected chi connectivity index (χ3v) is 3.38. The first-order valence-corrected chi connectivity index (χ1v) is 6.77. The lowest BCUT2D eigenvalue weighted by Crippen LogP contribution is -2.08. The Morgan fingerprint density at radius 2 is 2.00 bits per heavy atom. The lowest BCUT2D eigenvalue weighted by molar-refractivity contribution is 0.0526. The fourth-order valence-corrected chi connectivity index (χ4v) is 2.34. The summed E-state index contributed by atoms with van der Waals surface area (Å²) in [7, 11) is 0. The maximum absolute atomic E-state index is 12.6. The Morgan fingerprint density at radius 3 is 2.81 bits per heavy atom. The molecule has 0 bridgehead atoms. The van der Waals surface area contributed by atoms with E-state index in [1.165, 1.54) is 6.07 Å². The van der Waals surface area contributed by atoms with Crippen molar-refractivity contribution in [2.45, 2.75) is 13.5 Å². The molecular formula is C17H14O4. The number of fused-ring (bicyclic) bond motifs is 2. The molecule has 106 valence electrons. The van der Waals surface area contributed by atoms with Crippen LogP contribution in [0.2, 0.25) is 0 Å². The molecular weight excluding hydrogens is 268 g/mol. The van der Waals surface area contributed by atoms with Gasteiger partial charge in [-0.3, -0.25) is 4.79 Å². The molecule has 1 aliphatic rings. The van der Waals surface area contributed by atoms with E-state index < -0.39 is 5.97 Å². The summed E-state index contributed by atoms with van der Waals surface area (Å²) >= 11 is 0. The van der Waals surface area contributed by atoms with Gasteiger partial charge in [-0.2, -0.15) is 0 Å². The van der Waals surface area contributed by atoms with Gasteiger partial charge in [-0.25, -0.2) is 4.79 Å². The average molecular weight is 282 g/mol. The molecule has 0 amide bonds. The second-order valence-electron chi connectivity index (χ2n) is 4.71. The first-order chi connectivity index (χ1) is 10.2. The largest absolute Gasteiger partial charge is 0.488 e. The molecule has 0 spiro atoms. The maximum atomic E-state index is 12.6. The third kappa shape index (κ3) is 2.40. The molecule has 2 aromatic rings. The molecule has 2 aromatic carbocycles. The van der Waals surface area contributed by atoms with E-state index in [0.717, 1.165) is 5.56 Å². The molecule has 4 heteroatoms. The number of ketones is 1. The van der Waals surface area contributed by atoms with Crippen molar-refractivity contribution in [3.05, 3.63) is 64.7 Å². The lowest BCUT2D eigenvalue weighted by Gasteiger charge is -2.08. The standard InChI is InChI=1S/C17H14O4/c1-2-20-17(19)11-7-8-15-14(9-11)16(18)13-6-4-3-5-12(13)10-21-15/h3-9H,2,10H2,1H3. The molecule has 0 fully saturated rings. The topological polar surface area (TPSA) is 52.6 Å². The van der Waals surface area contributed by atoms with Gasteiger partial charge in [0, 0.05) is 11.1 Å². The highest BCUT2D eigenvalue weighted by Crippen LogP contribution is 2.29. The monoisotopic (exact) mass is 282 g/mol. The van der Waals surface area contributed by atoms with E-state index >= 15 is 0 Å². The average Bonchev–Trinajstić information content (AvgIpc) is 2.65. The quantitative estimate of drug-likeness (QED) is 0.795. The van der Waals surface area contributed by atoms with Crippen LogP contribution in [0.3, 0.4) is 0 Å². The van der Waals surface area contributed by atoms with Crippen LogP contribution in [0.15, 0.2) is 42.5 Å². The third-order valence-electron chi connectivity index (χ3n) is 3.38. The summed E-state index contributed by atoms with van der Waals surface area (Å²) in [6.45, 7) is 2.38. The Kier molecular flexibility index (Phi) is 3.44. The fourth-order valence-electron chi connectivity index (χ4n) is 2.34. The van der Waals surface area contributed by atoms with Crippen LogP contribution < -0.4 is 4.74 Å². The van der Waals surface area contributed by atoms with Gasteiger partial charge in [-0.1, -0.05) is 24.3 Å². The van der Waals surface area contributed by atoms with Crippen molar-refractivity contribution >= 4 is 11.8 Å². The van der Waals surface area contributed by atoms with Gasteiger partial charge in [0.15, 0.2) is 5.78 Å². The molecule has 0 radical (unpaired) electrons. The fraction of sp³-hybridized carbons (Fsp3) is 0.176. The zero-order chi connectivity index (χ0) is 14.8. The number of benzene rings is 2. The predicted octanol–water partition coefficient (Wildman–Crippen LogP) is 2.99. The minimum atomic E-state index is -0.439. The number of carbonyl (C=O) groups is 2.